The van der Waals surface area contributed by atoms with Gasteiger partial charge in [0.25, 0.3) is 5.91 Å². The number of nitrogens with zero attached hydrogens (tertiary/aromatic N) is 1. The summed E-state index contributed by atoms with van der Waals surface area (Å²) in [5, 5.41) is 2.79. The van der Waals surface area contributed by atoms with Gasteiger partial charge in [-0.15, -0.1) is 0 Å². The van der Waals surface area contributed by atoms with Crippen molar-refractivity contribution >= 4 is 29.3 Å². The summed E-state index contributed by atoms with van der Waals surface area (Å²) in [5.74, 6) is 0.567. The molecule has 0 bridgehead atoms. The van der Waals surface area contributed by atoms with Crippen LogP contribution in [-0.4, -0.2) is 35.6 Å². The maximum atomic E-state index is 13.5. The molecule has 0 spiro atoms. The van der Waals surface area contributed by atoms with E-state index in [2.05, 4.69) is 11.9 Å². The average molecular weight is 370 g/mol. The highest BCUT2D eigenvalue weighted by atomic mass is 32.2. The van der Waals surface area contributed by atoms with Gasteiger partial charge in [0.05, 0.1) is 0 Å². The Morgan fingerprint density at radius 1 is 1.12 bits per heavy atom. The Kier molecular flexibility index (Phi) is 5.73. The van der Waals surface area contributed by atoms with E-state index >= 15 is 0 Å². The molecule has 2 aromatic rings. The molecule has 1 aliphatic rings. The number of rotatable bonds is 7. The summed E-state index contributed by atoms with van der Waals surface area (Å²) in [6.07, 6.45) is 0. The van der Waals surface area contributed by atoms with Gasteiger partial charge in [-0.2, -0.15) is 11.8 Å². The van der Waals surface area contributed by atoms with Crippen molar-refractivity contribution in [2.75, 3.05) is 18.8 Å². The standard InChI is InChI=1S/C20H19FN2O2S/c1-14-16-7-3-4-8-17(16)20(25)23(14)12-19(24)22-10-11-26-13-15-6-2-5-9-18(15)21/h2-9H,1,10-13H2,(H,22,24). The number of nitrogens with one attached hydrogen (secondary N) is 1. The maximum Gasteiger partial charge on any atom is 0.259 e. The topological polar surface area (TPSA) is 49.4 Å². The first kappa shape index (κ1) is 18.2. The van der Waals surface area contributed by atoms with E-state index in [4.69, 9.17) is 0 Å². The first-order chi connectivity index (χ1) is 12.6. The molecule has 4 nitrogen and oxygen atoms in total. The summed E-state index contributed by atoms with van der Waals surface area (Å²) in [4.78, 5) is 25.9. The zero-order valence-corrected chi connectivity index (χ0v) is 15.0. The van der Waals surface area contributed by atoms with Crippen LogP contribution in [0.25, 0.3) is 5.70 Å². The molecule has 2 amide bonds. The molecule has 26 heavy (non-hydrogen) atoms. The van der Waals surface area contributed by atoms with Crippen molar-refractivity contribution in [3.63, 3.8) is 0 Å². The van der Waals surface area contributed by atoms with E-state index in [1.165, 1.54) is 11.0 Å². The van der Waals surface area contributed by atoms with Crippen molar-refractivity contribution in [3.05, 3.63) is 77.6 Å². The van der Waals surface area contributed by atoms with Crippen LogP contribution in [0, 0.1) is 5.82 Å². The number of carbonyl (C=O) groups excluding carboxylic acids is 2. The molecule has 0 aromatic heterocycles. The third-order valence-electron chi connectivity index (χ3n) is 4.13. The number of amides is 2. The second kappa shape index (κ2) is 8.19. The van der Waals surface area contributed by atoms with Crippen molar-refractivity contribution in [1.29, 1.82) is 0 Å². The van der Waals surface area contributed by atoms with E-state index in [0.29, 0.717) is 34.9 Å². The number of benzene rings is 2. The number of hydrogen-bond donors (Lipinski definition) is 1. The highest BCUT2D eigenvalue weighted by Crippen LogP contribution is 2.30. The lowest BCUT2D eigenvalue weighted by Crippen LogP contribution is -2.37. The lowest BCUT2D eigenvalue weighted by molar-refractivity contribution is -0.121. The summed E-state index contributed by atoms with van der Waals surface area (Å²) in [6, 6.07) is 13.9. The van der Waals surface area contributed by atoms with Crippen molar-refractivity contribution in [2.45, 2.75) is 5.75 Å². The third-order valence-corrected chi connectivity index (χ3v) is 5.13. The van der Waals surface area contributed by atoms with Crippen LogP contribution in [0.2, 0.25) is 0 Å². The molecule has 0 aliphatic carbocycles. The van der Waals surface area contributed by atoms with Gasteiger partial charge < -0.3 is 5.32 Å². The smallest absolute Gasteiger partial charge is 0.259 e. The van der Waals surface area contributed by atoms with Crippen molar-refractivity contribution in [2.24, 2.45) is 0 Å². The summed E-state index contributed by atoms with van der Waals surface area (Å²) in [7, 11) is 0. The van der Waals surface area contributed by atoms with E-state index in [0.717, 1.165) is 5.56 Å². The van der Waals surface area contributed by atoms with Crippen LogP contribution < -0.4 is 5.32 Å². The average Bonchev–Trinajstić information content (AvgIpc) is 2.88. The molecular formula is C20H19FN2O2S. The molecule has 1 N–H and O–H groups in total. The zero-order valence-electron chi connectivity index (χ0n) is 14.2. The molecule has 1 heterocycles. The Labute approximate surface area is 156 Å². The number of thioether (sulfide) groups is 1. The molecule has 0 atom stereocenters. The summed E-state index contributed by atoms with van der Waals surface area (Å²) < 4.78 is 13.5. The number of fused-ring (bicyclic) bond motifs is 1. The monoisotopic (exact) mass is 370 g/mol. The predicted octanol–water partition coefficient (Wildman–Crippen LogP) is 3.30. The van der Waals surface area contributed by atoms with Crippen molar-refractivity contribution < 1.29 is 14.0 Å². The molecule has 0 unspecified atom stereocenters. The quantitative estimate of drug-likeness (QED) is 0.761. The van der Waals surface area contributed by atoms with Crippen LogP contribution in [0.5, 0.6) is 0 Å². The lowest BCUT2D eigenvalue weighted by Gasteiger charge is -2.16. The highest BCUT2D eigenvalue weighted by Gasteiger charge is 2.31. The molecule has 0 saturated carbocycles. The Morgan fingerprint density at radius 3 is 2.54 bits per heavy atom. The Hall–Kier alpha value is -2.60. The summed E-state index contributed by atoms with van der Waals surface area (Å²) in [6.45, 7) is 4.32. The molecule has 2 aromatic carbocycles. The Balaban J connectivity index is 1.42. The largest absolute Gasteiger partial charge is 0.354 e. The molecule has 0 radical (unpaired) electrons. The van der Waals surface area contributed by atoms with Crippen LogP contribution in [0.15, 0.2) is 55.1 Å². The lowest BCUT2D eigenvalue weighted by atomic mass is 10.1. The van der Waals surface area contributed by atoms with Gasteiger partial charge >= 0.3 is 0 Å². The maximum absolute atomic E-state index is 13.5. The number of halogens is 1. The van der Waals surface area contributed by atoms with Gasteiger partial charge in [-0.1, -0.05) is 43.0 Å². The minimum absolute atomic E-state index is 0.0513. The van der Waals surface area contributed by atoms with Gasteiger partial charge in [0.15, 0.2) is 0 Å². The van der Waals surface area contributed by atoms with Gasteiger partial charge in [0.1, 0.15) is 12.4 Å². The van der Waals surface area contributed by atoms with E-state index in [-0.39, 0.29) is 24.2 Å². The minimum Gasteiger partial charge on any atom is -0.354 e. The third kappa shape index (κ3) is 3.96. The summed E-state index contributed by atoms with van der Waals surface area (Å²) >= 11 is 1.54. The van der Waals surface area contributed by atoms with Gasteiger partial charge in [0, 0.05) is 34.9 Å². The molecule has 6 heteroatoms. The van der Waals surface area contributed by atoms with Crippen LogP contribution >= 0.6 is 11.8 Å². The first-order valence-electron chi connectivity index (χ1n) is 8.26. The molecule has 0 saturated heterocycles. The van der Waals surface area contributed by atoms with Crippen LogP contribution in [0.1, 0.15) is 21.5 Å². The molecule has 0 fully saturated rings. The van der Waals surface area contributed by atoms with Gasteiger partial charge in [-0.3, -0.25) is 14.5 Å². The molecular weight excluding hydrogens is 351 g/mol. The molecule has 134 valence electrons. The fraction of sp³-hybridized carbons (Fsp3) is 0.200. The van der Waals surface area contributed by atoms with Crippen molar-refractivity contribution in [1.82, 2.24) is 10.2 Å². The number of hydrogen-bond acceptors (Lipinski definition) is 3. The second-order valence-corrected chi connectivity index (χ2v) is 6.98. The fourth-order valence-corrected chi connectivity index (χ4v) is 3.61. The van der Waals surface area contributed by atoms with Gasteiger partial charge in [0.2, 0.25) is 5.91 Å². The highest BCUT2D eigenvalue weighted by molar-refractivity contribution is 7.98. The Morgan fingerprint density at radius 2 is 1.81 bits per heavy atom. The van der Waals surface area contributed by atoms with Gasteiger partial charge in [-0.25, -0.2) is 4.39 Å². The predicted molar refractivity (Wildman–Crippen MR) is 102 cm³/mol. The first-order valence-corrected chi connectivity index (χ1v) is 9.41. The van der Waals surface area contributed by atoms with Crippen LogP contribution in [0.4, 0.5) is 4.39 Å². The van der Waals surface area contributed by atoms with Gasteiger partial charge in [-0.05, 0) is 17.7 Å². The summed E-state index contributed by atoms with van der Waals surface area (Å²) in [5.41, 5.74) is 2.55. The van der Waals surface area contributed by atoms with Crippen LogP contribution in [-0.2, 0) is 10.5 Å². The fourth-order valence-electron chi connectivity index (χ4n) is 2.76. The normalized spacial score (nSPS) is 13.0. The zero-order chi connectivity index (χ0) is 18.5. The molecule has 1 aliphatic heterocycles. The van der Waals surface area contributed by atoms with E-state index in [1.54, 1.807) is 42.1 Å². The minimum atomic E-state index is -0.237. The SMILES string of the molecule is C=C1c2ccccc2C(=O)N1CC(=O)NCCSCc1ccccc1F. The van der Waals surface area contributed by atoms with E-state index in [1.807, 2.05) is 12.1 Å². The second-order valence-electron chi connectivity index (χ2n) is 5.88. The van der Waals surface area contributed by atoms with Crippen molar-refractivity contribution in [3.8, 4) is 0 Å². The van der Waals surface area contributed by atoms with E-state index in [9.17, 15) is 14.0 Å². The van der Waals surface area contributed by atoms with Crippen LogP contribution in [0.3, 0.4) is 0 Å². The number of carbonyl (C=O) groups is 2. The Bertz CT molecular complexity index is 818. The molecule has 3 rings (SSSR count). The van der Waals surface area contributed by atoms with E-state index < -0.39 is 0 Å².